The molecule has 2 rings (SSSR count). The molecular weight excluding hydrogens is 320 g/mol. The molecule has 0 aliphatic rings. The van der Waals surface area contributed by atoms with Crippen molar-refractivity contribution in [1.82, 2.24) is 9.97 Å². The van der Waals surface area contributed by atoms with Gasteiger partial charge in [0.1, 0.15) is 5.82 Å². The largest absolute Gasteiger partial charge is 0.493 e. The standard InChI is InChI=1S/C18H26N4O3/c1-5-6-7-9-19-16-8-10-20-18(22-16)21-13-11-14(23-2)17(25-4)15(12-13)24-3/h8,10-12H,5-7,9H2,1-4H3,(H2,19,20,21,22). The summed E-state index contributed by atoms with van der Waals surface area (Å²) in [6.45, 7) is 3.08. The van der Waals surface area contributed by atoms with Crippen molar-refractivity contribution in [2.45, 2.75) is 26.2 Å². The Labute approximate surface area is 148 Å². The second-order valence-corrected chi connectivity index (χ2v) is 5.44. The lowest BCUT2D eigenvalue weighted by molar-refractivity contribution is 0.324. The van der Waals surface area contributed by atoms with E-state index in [1.165, 1.54) is 12.8 Å². The van der Waals surface area contributed by atoms with E-state index in [4.69, 9.17) is 14.2 Å². The normalized spacial score (nSPS) is 10.2. The molecule has 0 atom stereocenters. The highest BCUT2D eigenvalue weighted by Crippen LogP contribution is 2.40. The molecule has 1 heterocycles. The van der Waals surface area contributed by atoms with Crippen LogP contribution in [0, 0.1) is 0 Å². The van der Waals surface area contributed by atoms with Crippen molar-refractivity contribution >= 4 is 17.5 Å². The number of nitrogens with one attached hydrogen (secondary N) is 2. The second kappa shape index (κ2) is 9.56. The number of nitrogens with zero attached hydrogens (tertiary/aromatic N) is 2. The van der Waals surface area contributed by atoms with Gasteiger partial charge in [-0.15, -0.1) is 0 Å². The molecule has 7 nitrogen and oxygen atoms in total. The SMILES string of the molecule is CCCCCNc1ccnc(Nc2cc(OC)c(OC)c(OC)c2)n1. The molecule has 0 spiro atoms. The monoisotopic (exact) mass is 346 g/mol. The van der Waals surface area contributed by atoms with E-state index in [-0.39, 0.29) is 0 Å². The highest BCUT2D eigenvalue weighted by molar-refractivity contribution is 5.66. The lowest BCUT2D eigenvalue weighted by Gasteiger charge is -2.14. The average Bonchev–Trinajstić information content (AvgIpc) is 2.64. The van der Waals surface area contributed by atoms with Gasteiger partial charge in [-0.2, -0.15) is 4.98 Å². The van der Waals surface area contributed by atoms with Crippen LogP contribution in [0.4, 0.5) is 17.5 Å². The van der Waals surface area contributed by atoms with Gasteiger partial charge < -0.3 is 24.8 Å². The molecule has 136 valence electrons. The molecular formula is C18H26N4O3. The smallest absolute Gasteiger partial charge is 0.229 e. The zero-order valence-electron chi connectivity index (χ0n) is 15.3. The molecule has 0 bridgehead atoms. The van der Waals surface area contributed by atoms with Crippen LogP contribution in [-0.4, -0.2) is 37.8 Å². The van der Waals surface area contributed by atoms with E-state index >= 15 is 0 Å². The van der Waals surface area contributed by atoms with Gasteiger partial charge in [0.05, 0.1) is 21.3 Å². The number of ether oxygens (including phenoxy) is 3. The third kappa shape index (κ3) is 5.14. The van der Waals surface area contributed by atoms with Gasteiger partial charge in [0.15, 0.2) is 11.5 Å². The van der Waals surface area contributed by atoms with Crippen LogP contribution in [0.15, 0.2) is 24.4 Å². The molecule has 0 radical (unpaired) electrons. The van der Waals surface area contributed by atoms with E-state index in [0.717, 1.165) is 24.5 Å². The predicted octanol–water partition coefficient (Wildman–Crippen LogP) is 3.85. The number of anilines is 3. The molecule has 2 aromatic rings. The van der Waals surface area contributed by atoms with Gasteiger partial charge in [-0.1, -0.05) is 19.8 Å². The van der Waals surface area contributed by atoms with Gasteiger partial charge in [0.25, 0.3) is 0 Å². The Morgan fingerprint density at radius 3 is 2.32 bits per heavy atom. The molecule has 0 saturated heterocycles. The minimum Gasteiger partial charge on any atom is -0.493 e. The van der Waals surface area contributed by atoms with E-state index < -0.39 is 0 Å². The number of rotatable bonds is 10. The van der Waals surface area contributed by atoms with Gasteiger partial charge in [0, 0.05) is 30.6 Å². The van der Waals surface area contributed by atoms with Gasteiger partial charge in [-0.05, 0) is 12.5 Å². The summed E-state index contributed by atoms with van der Waals surface area (Å²) in [5.74, 6) is 2.97. The summed E-state index contributed by atoms with van der Waals surface area (Å²) in [5, 5.41) is 6.48. The van der Waals surface area contributed by atoms with Crippen LogP contribution in [0.2, 0.25) is 0 Å². The third-order valence-corrected chi connectivity index (χ3v) is 3.66. The lowest BCUT2D eigenvalue weighted by atomic mass is 10.2. The molecule has 0 saturated carbocycles. The van der Waals surface area contributed by atoms with Crippen molar-refractivity contribution in [3.63, 3.8) is 0 Å². The van der Waals surface area contributed by atoms with Gasteiger partial charge in [-0.3, -0.25) is 0 Å². The zero-order valence-corrected chi connectivity index (χ0v) is 15.3. The van der Waals surface area contributed by atoms with E-state index in [1.54, 1.807) is 27.5 Å². The Morgan fingerprint density at radius 1 is 1.00 bits per heavy atom. The third-order valence-electron chi connectivity index (χ3n) is 3.66. The van der Waals surface area contributed by atoms with Crippen molar-refractivity contribution in [3.05, 3.63) is 24.4 Å². The summed E-state index contributed by atoms with van der Waals surface area (Å²) >= 11 is 0. The molecule has 0 aliphatic carbocycles. The zero-order chi connectivity index (χ0) is 18.1. The first kappa shape index (κ1) is 18.6. The molecule has 25 heavy (non-hydrogen) atoms. The second-order valence-electron chi connectivity index (χ2n) is 5.44. The Bertz CT molecular complexity index is 654. The number of hydrogen-bond acceptors (Lipinski definition) is 7. The van der Waals surface area contributed by atoms with Crippen molar-refractivity contribution in [2.24, 2.45) is 0 Å². The van der Waals surface area contributed by atoms with Gasteiger partial charge in [-0.25, -0.2) is 4.98 Å². The van der Waals surface area contributed by atoms with Crippen LogP contribution < -0.4 is 24.8 Å². The molecule has 0 unspecified atom stereocenters. The number of unbranched alkanes of at least 4 members (excludes halogenated alkanes) is 2. The van der Waals surface area contributed by atoms with Crippen LogP contribution >= 0.6 is 0 Å². The van der Waals surface area contributed by atoms with Crippen molar-refractivity contribution in [1.29, 1.82) is 0 Å². The summed E-state index contributed by atoms with van der Waals surface area (Å²) in [6, 6.07) is 5.48. The fourth-order valence-corrected chi connectivity index (χ4v) is 2.39. The predicted molar refractivity (Wildman–Crippen MR) is 99.4 cm³/mol. The first-order valence-corrected chi connectivity index (χ1v) is 8.35. The number of methoxy groups -OCH3 is 3. The summed E-state index contributed by atoms with van der Waals surface area (Å²) in [5.41, 5.74) is 0.748. The van der Waals surface area contributed by atoms with E-state index in [0.29, 0.717) is 23.2 Å². The minimum absolute atomic E-state index is 0.495. The van der Waals surface area contributed by atoms with Gasteiger partial charge >= 0.3 is 0 Å². The number of hydrogen-bond donors (Lipinski definition) is 2. The lowest BCUT2D eigenvalue weighted by Crippen LogP contribution is -2.05. The number of aromatic nitrogens is 2. The van der Waals surface area contributed by atoms with Crippen LogP contribution in [0.5, 0.6) is 17.2 Å². The topological polar surface area (TPSA) is 77.5 Å². The van der Waals surface area contributed by atoms with E-state index in [1.807, 2.05) is 18.2 Å². The molecule has 0 aliphatic heterocycles. The maximum absolute atomic E-state index is 5.36. The Hall–Kier alpha value is -2.70. The first-order valence-electron chi connectivity index (χ1n) is 8.35. The van der Waals surface area contributed by atoms with Crippen LogP contribution in [0.25, 0.3) is 0 Å². The molecule has 0 fully saturated rings. The summed E-state index contributed by atoms with van der Waals surface area (Å²) in [6.07, 6.45) is 5.24. The Balaban J connectivity index is 2.13. The quantitative estimate of drug-likeness (QED) is 0.633. The molecule has 7 heteroatoms. The van der Waals surface area contributed by atoms with E-state index in [9.17, 15) is 0 Å². The highest BCUT2D eigenvalue weighted by atomic mass is 16.5. The number of benzene rings is 1. The van der Waals surface area contributed by atoms with Crippen LogP contribution in [0.1, 0.15) is 26.2 Å². The summed E-state index contributed by atoms with van der Waals surface area (Å²) < 4.78 is 16.0. The minimum atomic E-state index is 0.495. The maximum Gasteiger partial charge on any atom is 0.229 e. The molecule has 0 amide bonds. The van der Waals surface area contributed by atoms with Gasteiger partial charge in [0.2, 0.25) is 11.7 Å². The van der Waals surface area contributed by atoms with Crippen molar-refractivity contribution < 1.29 is 14.2 Å². The van der Waals surface area contributed by atoms with Crippen LogP contribution in [0.3, 0.4) is 0 Å². The van der Waals surface area contributed by atoms with Crippen LogP contribution in [-0.2, 0) is 0 Å². The van der Waals surface area contributed by atoms with Crippen molar-refractivity contribution in [2.75, 3.05) is 38.5 Å². The average molecular weight is 346 g/mol. The Kier molecular flexibility index (Phi) is 7.13. The fourth-order valence-electron chi connectivity index (χ4n) is 2.39. The molecule has 1 aromatic carbocycles. The molecule has 1 aromatic heterocycles. The maximum atomic E-state index is 5.36. The fraction of sp³-hybridized carbons (Fsp3) is 0.444. The van der Waals surface area contributed by atoms with Crippen molar-refractivity contribution in [3.8, 4) is 17.2 Å². The Morgan fingerprint density at radius 2 is 1.72 bits per heavy atom. The summed E-state index contributed by atoms with van der Waals surface area (Å²) in [4.78, 5) is 8.73. The summed E-state index contributed by atoms with van der Waals surface area (Å²) in [7, 11) is 4.74. The molecule has 2 N–H and O–H groups in total. The first-order chi connectivity index (χ1) is 12.2. The van der Waals surface area contributed by atoms with E-state index in [2.05, 4.69) is 27.5 Å². The highest BCUT2D eigenvalue weighted by Gasteiger charge is 2.13.